The van der Waals surface area contributed by atoms with Gasteiger partial charge in [0.2, 0.25) is 0 Å². The molecule has 0 saturated carbocycles. The number of hydrogen-bond acceptors (Lipinski definition) is 3. The third-order valence-electron chi connectivity index (χ3n) is 3.83. The number of likely N-dealkylation sites (tertiary alicyclic amines) is 1. The molecule has 1 aliphatic heterocycles. The summed E-state index contributed by atoms with van der Waals surface area (Å²) in [5, 5.41) is 13.1. The minimum Gasteiger partial charge on any atom is -0.508 e. The number of aromatic hydroxyl groups is 1. The van der Waals surface area contributed by atoms with Gasteiger partial charge in [0.15, 0.2) is 0 Å². The lowest BCUT2D eigenvalue weighted by molar-refractivity contribution is 0.175. The fourth-order valence-electron chi connectivity index (χ4n) is 2.72. The largest absolute Gasteiger partial charge is 0.508 e. The molecular weight excluding hydrogens is 224 g/mol. The highest BCUT2D eigenvalue weighted by atomic mass is 16.3. The quantitative estimate of drug-likeness (QED) is 0.857. The zero-order chi connectivity index (χ0) is 13.0. The van der Waals surface area contributed by atoms with Gasteiger partial charge in [-0.05, 0) is 58.4 Å². The molecule has 0 bridgehead atoms. The molecule has 1 aromatic rings. The summed E-state index contributed by atoms with van der Waals surface area (Å²) >= 11 is 0. The lowest BCUT2D eigenvalue weighted by atomic mass is 9.96. The SMILES string of the molecule is CNCC1CCN(Cc2cc(C)ccc2O)CC1. The van der Waals surface area contributed by atoms with Gasteiger partial charge in [0.1, 0.15) is 5.75 Å². The molecule has 0 radical (unpaired) electrons. The summed E-state index contributed by atoms with van der Waals surface area (Å²) in [6.07, 6.45) is 2.51. The van der Waals surface area contributed by atoms with Crippen LogP contribution in [0.4, 0.5) is 0 Å². The normalized spacial score (nSPS) is 18.1. The number of hydrogen-bond donors (Lipinski definition) is 2. The second-order valence-electron chi connectivity index (χ2n) is 5.41. The summed E-state index contributed by atoms with van der Waals surface area (Å²) in [6, 6.07) is 5.85. The van der Waals surface area contributed by atoms with Crippen LogP contribution >= 0.6 is 0 Å². The first-order valence-corrected chi connectivity index (χ1v) is 6.84. The number of phenols is 1. The maximum absolute atomic E-state index is 9.87. The van der Waals surface area contributed by atoms with E-state index in [9.17, 15) is 5.11 Å². The van der Waals surface area contributed by atoms with Crippen molar-refractivity contribution in [3.63, 3.8) is 0 Å². The highest BCUT2D eigenvalue weighted by Crippen LogP contribution is 2.23. The van der Waals surface area contributed by atoms with Gasteiger partial charge in [0.25, 0.3) is 0 Å². The Morgan fingerprint density at radius 2 is 2.06 bits per heavy atom. The smallest absolute Gasteiger partial charge is 0.120 e. The van der Waals surface area contributed by atoms with Crippen molar-refractivity contribution in [1.82, 2.24) is 10.2 Å². The standard InChI is InChI=1S/C15H24N2O/c1-12-3-4-15(18)14(9-12)11-17-7-5-13(6-8-17)10-16-2/h3-4,9,13,16,18H,5-8,10-11H2,1-2H3. The van der Waals surface area contributed by atoms with Crippen molar-refractivity contribution < 1.29 is 5.11 Å². The van der Waals surface area contributed by atoms with Gasteiger partial charge in [-0.15, -0.1) is 0 Å². The van der Waals surface area contributed by atoms with Crippen LogP contribution in [0.2, 0.25) is 0 Å². The van der Waals surface area contributed by atoms with E-state index in [1.165, 1.54) is 18.4 Å². The zero-order valence-corrected chi connectivity index (χ0v) is 11.4. The maximum Gasteiger partial charge on any atom is 0.120 e. The van der Waals surface area contributed by atoms with Crippen LogP contribution in [0.15, 0.2) is 18.2 Å². The van der Waals surface area contributed by atoms with E-state index in [4.69, 9.17) is 0 Å². The van der Waals surface area contributed by atoms with Gasteiger partial charge >= 0.3 is 0 Å². The Morgan fingerprint density at radius 1 is 1.33 bits per heavy atom. The van der Waals surface area contributed by atoms with Crippen LogP contribution in [0.5, 0.6) is 5.75 Å². The fraction of sp³-hybridized carbons (Fsp3) is 0.600. The molecule has 0 spiro atoms. The predicted molar refractivity (Wildman–Crippen MR) is 74.8 cm³/mol. The monoisotopic (exact) mass is 248 g/mol. The number of aryl methyl sites for hydroxylation is 1. The first-order chi connectivity index (χ1) is 8.69. The van der Waals surface area contributed by atoms with Crippen molar-refractivity contribution in [3.05, 3.63) is 29.3 Å². The van der Waals surface area contributed by atoms with E-state index in [1.807, 2.05) is 13.1 Å². The van der Waals surface area contributed by atoms with E-state index in [-0.39, 0.29) is 0 Å². The Labute approximate surface area is 110 Å². The van der Waals surface area contributed by atoms with Crippen LogP contribution < -0.4 is 5.32 Å². The third kappa shape index (κ3) is 3.47. The molecule has 0 amide bonds. The molecule has 1 heterocycles. The molecule has 100 valence electrons. The van der Waals surface area contributed by atoms with Crippen LogP contribution in [0.25, 0.3) is 0 Å². The zero-order valence-electron chi connectivity index (χ0n) is 11.4. The molecule has 18 heavy (non-hydrogen) atoms. The van der Waals surface area contributed by atoms with Gasteiger partial charge in [-0.3, -0.25) is 4.90 Å². The van der Waals surface area contributed by atoms with Crippen molar-refractivity contribution in [2.24, 2.45) is 5.92 Å². The topological polar surface area (TPSA) is 35.5 Å². The van der Waals surface area contributed by atoms with Crippen molar-refractivity contribution in [1.29, 1.82) is 0 Å². The number of nitrogens with zero attached hydrogens (tertiary/aromatic N) is 1. The van der Waals surface area contributed by atoms with Crippen LogP contribution in [0.3, 0.4) is 0 Å². The average Bonchev–Trinajstić information content (AvgIpc) is 2.37. The molecule has 0 aliphatic carbocycles. The minimum absolute atomic E-state index is 0.429. The molecule has 2 N–H and O–H groups in total. The average molecular weight is 248 g/mol. The summed E-state index contributed by atoms with van der Waals surface area (Å²) in [4.78, 5) is 2.45. The first-order valence-electron chi connectivity index (χ1n) is 6.84. The second-order valence-corrected chi connectivity index (χ2v) is 5.41. The number of rotatable bonds is 4. The van der Waals surface area contributed by atoms with Gasteiger partial charge in [0, 0.05) is 12.1 Å². The van der Waals surface area contributed by atoms with Gasteiger partial charge < -0.3 is 10.4 Å². The molecule has 0 atom stereocenters. The summed E-state index contributed by atoms with van der Waals surface area (Å²) in [7, 11) is 2.02. The molecule has 3 heteroatoms. The van der Waals surface area contributed by atoms with Crippen molar-refractivity contribution >= 4 is 0 Å². The highest BCUT2D eigenvalue weighted by Gasteiger charge is 2.19. The molecule has 1 aliphatic rings. The number of nitrogens with one attached hydrogen (secondary N) is 1. The molecule has 1 saturated heterocycles. The Kier molecular flexibility index (Phi) is 4.61. The van der Waals surface area contributed by atoms with E-state index < -0.39 is 0 Å². The van der Waals surface area contributed by atoms with Gasteiger partial charge in [-0.25, -0.2) is 0 Å². The number of phenolic OH excluding ortho intramolecular Hbond substituents is 1. The Hall–Kier alpha value is -1.06. The van der Waals surface area contributed by atoms with Crippen LogP contribution in [-0.2, 0) is 6.54 Å². The van der Waals surface area contributed by atoms with E-state index >= 15 is 0 Å². The van der Waals surface area contributed by atoms with E-state index in [0.717, 1.165) is 37.7 Å². The van der Waals surface area contributed by atoms with E-state index in [1.54, 1.807) is 6.07 Å². The lowest BCUT2D eigenvalue weighted by Gasteiger charge is -2.32. The fourth-order valence-corrected chi connectivity index (χ4v) is 2.72. The molecule has 1 aromatic carbocycles. The van der Waals surface area contributed by atoms with E-state index in [2.05, 4.69) is 23.2 Å². The molecule has 0 aromatic heterocycles. The summed E-state index contributed by atoms with van der Waals surface area (Å²) in [6.45, 7) is 6.35. The molecule has 0 unspecified atom stereocenters. The highest BCUT2D eigenvalue weighted by molar-refractivity contribution is 5.35. The second kappa shape index (κ2) is 6.21. The third-order valence-corrected chi connectivity index (χ3v) is 3.83. The summed E-state index contributed by atoms with van der Waals surface area (Å²) in [5.41, 5.74) is 2.27. The van der Waals surface area contributed by atoms with Gasteiger partial charge in [-0.1, -0.05) is 17.7 Å². The van der Waals surface area contributed by atoms with Crippen molar-refractivity contribution in [2.75, 3.05) is 26.7 Å². The Morgan fingerprint density at radius 3 is 2.72 bits per heavy atom. The lowest BCUT2D eigenvalue weighted by Crippen LogP contribution is -2.36. The molecule has 1 fully saturated rings. The van der Waals surface area contributed by atoms with Crippen LogP contribution in [0, 0.1) is 12.8 Å². The van der Waals surface area contributed by atoms with Crippen LogP contribution in [-0.4, -0.2) is 36.7 Å². The van der Waals surface area contributed by atoms with Gasteiger partial charge in [0.05, 0.1) is 0 Å². The van der Waals surface area contributed by atoms with Crippen molar-refractivity contribution in [2.45, 2.75) is 26.3 Å². The molecular formula is C15H24N2O. The summed E-state index contributed by atoms with van der Waals surface area (Å²) in [5.74, 6) is 1.25. The van der Waals surface area contributed by atoms with E-state index in [0.29, 0.717) is 5.75 Å². The number of benzene rings is 1. The Bertz CT molecular complexity index is 384. The molecule has 3 nitrogen and oxygen atoms in total. The van der Waals surface area contributed by atoms with Gasteiger partial charge in [-0.2, -0.15) is 0 Å². The summed E-state index contributed by atoms with van der Waals surface area (Å²) < 4.78 is 0. The number of piperidine rings is 1. The van der Waals surface area contributed by atoms with Crippen molar-refractivity contribution in [3.8, 4) is 5.75 Å². The van der Waals surface area contributed by atoms with Crippen LogP contribution in [0.1, 0.15) is 24.0 Å². The molecule has 2 rings (SSSR count). The minimum atomic E-state index is 0.429. The first kappa shape index (κ1) is 13.4. The maximum atomic E-state index is 9.87. The Balaban J connectivity index is 1.89. The predicted octanol–water partition coefficient (Wildman–Crippen LogP) is 2.13.